The number of fused-ring (bicyclic) bond motifs is 1. The summed E-state index contributed by atoms with van der Waals surface area (Å²) in [4.78, 5) is 13.1. The number of ether oxygens (including phenoxy) is 2. The van der Waals surface area contributed by atoms with Crippen LogP contribution in [0.5, 0.6) is 11.5 Å². The summed E-state index contributed by atoms with van der Waals surface area (Å²) in [6, 6.07) is 18.9. The van der Waals surface area contributed by atoms with Crippen molar-refractivity contribution in [3.8, 4) is 11.5 Å². The van der Waals surface area contributed by atoms with Gasteiger partial charge < -0.3 is 14.8 Å². The van der Waals surface area contributed by atoms with Crippen LogP contribution in [0.2, 0.25) is 5.02 Å². The molecule has 0 aromatic heterocycles. The number of hydrogen-bond donors (Lipinski definition) is 2. The predicted octanol–water partition coefficient (Wildman–Crippen LogP) is 3.64. The van der Waals surface area contributed by atoms with Gasteiger partial charge >= 0.3 is 0 Å². The van der Waals surface area contributed by atoms with Crippen LogP contribution < -0.4 is 19.5 Å². The molecule has 0 fully saturated rings. The third kappa shape index (κ3) is 5.40. The lowest BCUT2D eigenvalue weighted by Crippen LogP contribution is -2.45. The fourth-order valence-electron chi connectivity index (χ4n) is 3.26. The van der Waals surface area contributed by atoms with E-state index in [0.29, 0.717) is 35.4 Å². The van der Waals surface area contributed by atoms with Gasteiger partial charge in [-0.2, -0.15) is 4.72 Å². The highest BCUT2D eigenvalue weighted by Crippen LogP contribution is 2.32. The Hall–Kier alpha value is -3.07. The third-order valence-electron chi connectivity index (χ3n) is 4.83. The number of amides is 1. The first-order valence-corrected chi connectivity index (χ1v) is 11.8. The van der Waals surface area contributed by atoms with Crippen molar-refractivity contribution in [1.29, 1.82) is 0 Å². The van der Waals surface area contributed by atoms with E-state index in [1.54, 1.807) is 18.2 Å². The van der Waals surface area contributed by atoms with E-state index in [0.717, 1.165) is 5.56 Å². The normalized spacial score (nSPS) is 13.9. The standard InChI is InChI=1S/C23H21ClN2O5S/c24-17-6-9-19(10-7-17)32(28,29)26-20(14-16-4-2-1-3-5-16)23(27)25-18-8-11-21-22(15-18)31-13-12-30-21/h1-11,15,20,26H,12-14H2,(H,25,27). The summed E-state index contributed by atoms with van der Waals surface area (Å²) in [7, 11) is -3.96. The molecular weight excluding hydrogens is 452 g/mol. The van der Waals surface area contributed by atoms with Crippen molar-refractivity contribution < 1.29 is 22.7 Å². The Bertz CT molecular complexity index is 1200. The molecular formula is C23H21ClN2O5S. The topological polar surface area (TPSA) is 93.7 Å². The maximum Gasteiger partial charge on any atom is 0.242 e. The summed E-state index contributed by atoms with van der Waals surface area (Å²) in [5.41, 5.74) is 1.29. The molecule has 1 aliphatic heterocycles. The molecule has 0 saturated heterocycles. The second-order valence-corrected chi connectivity index (χ2v) is 9.32. The minimum absolute atomic E-state index is 0.0205. The first-order valence-electron chi connectivity index (χ1n) is 9.93. The Kier molecular flexibility index (Phi) is 6.64. The summed E-state index contributed by atoms with van der Waals surface area (Å²) in [6.45, 7) is 0.881. The number of halogens is 1. The van der Waals surface area contributed by atoms with Gasteiger partial charge in [-0.25, -0.2) is 8.42 Å². The number of hydrogen-bond acceptors (Lipinski definition) is 5. The third-order valence-corrected chi connectivity index (χ3v) is 6.57. The Morgan fingerprint density at radius 1 is 0.938 bits per heavy atom. The fourth-order valence-corrected chi connectivity index (χ4v) is 4.58. The second kappa shape index (κ2) is 9.60. The molecule has 0 spiro atoms. The molecule has 0 radical (unpaired) electrons. The number of anilines is 1. The SMILES string of the molecule is O=C(Nc1ccc2c(c1)OCCO2)C(Cc1ccccc1)NS(=O)(=O)c1ccc(Cl)cc1. The molecule has 166 valence electrons. The first kappa shape index (κ1) is 22.1. The van der Waals surface area contributed by atoms with Crippen LogP contribution in [-0.2, 0) is 21.2 Å². The Labute approximate surface area is 191 Å². The van der Waals surface area contributed by atoms with E-state index >= 15 is 0 Å². The number of nitrogens with one attached hydrogen (secondary N) is 2. The molecule has 3 aromatic rings. The highest BCUT2D eigenvalue weighted by atomic mass is 35.5. The van der Waals surface area contributed by atoms with Crippen LogP contribution in [0.3, 0.4) is 0 Å². The van der Waals surface area contributed by atoms with Crippen LogP contribution in [0.25, 0.3) is 0 Å². The van der Waals surface area contributed by atoms with Crippen LogP contribution in [0.15, 0.2) is 77.7 Å². The maximum absolute atomic E-state index is 13.1. The van der Waals surface area contributed by atoms with E-state index in [1.807, 2.05) is 30.3 Å². The van der Waals surface area contributed by atoms with E-state index in [4.69, 9.17) is 21.1 Å². The number of benzene rings is 3. The lowest BCUT2D eigenvalue weighted by molar-refractivity contribution is -0.117. The smallest absolute Gasteiger partial charge is 0.242 e. The van der Waals surface area contributed by atoms with Crippen LogP contribution in [-0.4, -0.2) is 33.6 Å². The van der Waals surface area contributed by atoms with E-state index < -0.39 is 22.0 Å². The molecule has 1 atom stereocenters. The maximum atomic E-state index is 13.1. The monoisotopic (exact) mass is 472 g/mol. The molecule has 0 bridgehead atoms. The fraction of sp³-hybridized carbons (Fsp3) is 0.174. The van der Waals surface area contributed by atoms with Crippen LogP contribution in [0.1, 0.15) is 5.56 Å². The molecule has 4 rings (SSSR count). The van der Waals surface area contributed by atoms with E-state index in [1.165, 1.54) is 24.3 Å². The Morgan fingerprint density at radius 2 is 1.62 bits per heavy atom. The van der Waals surface area contributed by atoms with E-state index in [9.17, 15) is 13.2 Å². The van der Waals surface area contributed by atoms with Crippen LogP contribution in [0.4, 0.5) is 5.69 Å². The Morgan fingerprint density at radius 3 is 2.34 bits per heavy atom. The molecule has 7 nitrogen and oxygen atoms in total. The summed E-state index contributed by atoms with van der Waals surface area (Å²) < 4.78 is 39.4. The molecule has 32 heavy (non-hydrogen) atoms. The van der Waals surface area contributed by atoms with Gasteiger partial charge in [-0.15, -0.1) is 0 Å². The summed E-state index contributed by atoms with van der Waals surface area (Å²) in [6.07, 6.45) is 0.171. The average molecular weight is 473 g/mol. The molecule has 1 unspecified atom stereocenters. The summed E-state index contributed by atoms with van der Waals surface area (Å²) in [5.74, 6) is 0.622. The summed E-state index contributed by atoms with van der Waals surface area (Å²) in [5, 5.41) is 3.19. The van der Waals surface area contributed by atoms with Crippen molar-refractivity contribution >= 4 is 33.2 Å². The van der Waals surface area contributed by atoms with Gasteiger partial charge in [-0.1, -0.05) is 41.9 Å². The molecule has 1 amide bonds. The minimum Gasteiger partial charge on any atom is -0.486 e. The second-order valence-electron chi connectivity index (χ2n) is 7.17. The quantitative estimate of drug-likeness (QED) is 0.547. The van der Waals surface area contributed by atoms with Gasteiger partial charge in [-0.05, 0) is 48.4 Å². The highest BCUT2D eigenvalue weighted by molar-refractivity contribution is 7.89. The molecule has 0 aliphatic carbocycles. The minimum atomic E-state index is -3.96. The molecule has 1 heterocycles. The zero-order valence-corrected chi connectivity index (χ0v) is 18.5. The average Bonchev–Trinajstić information content (AvgIpc) is 2.79. The van der Waals surface area contributed by atoms with Gasteiger partial charge in [0.2, 0.25) is 15.9 Å². The number of carbonyl (C=O) groups is 1. The lowest BCUT2D eigenvalue weighted by atomic mass is 10.1. The zero-order valence-electron chi connectivity index (χ0n) is 17.0. The first-order chi connectivity index (χ1) is 15.4. The zero-order chi connectivity index (χ0) is 22.6. The van der Waals surface area contributed by atoms with Gasteiger partial charge in [0.15, 0.2) is 11.5 Å². The van der Waals surface area contributed by atoms with Crippen molar-refractivity contribution in [3.05, 3.63) is 83.4 Å². The molecule has 1 aliphatic rings. The van der Waals surface area contributed by atoms with Crippen molar-refractivity contribution in [2.24, 2.45) is 0 Å². The van der Waals surface area contributed by atoms with Crippen molar-refractivity contribution in [3.63, 3.8) is 0 Å². The van der Waals surface area contributed by atoms with Crippen molar-refractivity contribution in [1.82, 2.24) is 4.72 Å². The van der Waals surface area contributed by atoms with Crippen LogP contribution in [0, 0.1) is 0 Å². The molecule has 9 heteroatoms. The predicted molar refractivity (Wildman–Crippen MR) is 122 cm³/mol. The van der Waals surface area contributed by atoms with Gasteiger partial charge in [0, 0.05) is 16.8 Å². The van der Waals surface area contributed by atoms with Gasteiger partial charge in [0.1, 0.15) is 19.3 Å². The molecule has 3 aromatic carbocycles. The molecule has 0 saturated carbocycles. The van der Waals surface area contributed by atoms with E-state index in [-0.39, 0.29) is 11.3 Å². The number of carbonyl (C=O) groups excluding carboxylic acids is 1. The van der Waals surface area contributed by atoms with E-state index in [2.05, 4.69) is 10.0 Å². The van der Waals surface area contributed by atoms with Crippen LogP contribution >= 0.6 is 11.6 Å². The van der Waals surface area contributed by atoms with Crippen molar-refractivity contribution in [2.45, 2.75) is 17.4 Å². The van der Waals surface area contributed by atoms with Gasteiger partial charge in [0.05, 0.1) is 4.90 Å². The van der Waals surface area contributed by atoms with Gasteiger partial charge in [0.25, 0.3) is 0 Å². The number of sulfonamides is 1. The lowest BCUT2D eigenvalue weighted by Gasteiger charge is -2.21. The van der Waals surface area contributed by atoms with Gasteiger partial charge in [-0.3, -0.25) is 4.79 Å². The largest absolute Gasteiger partial charge is 0.486 e. The number of rotatable bonds is 7. The molecule has 2 N–H and O–H groups in total. The Balaban J connectivity index is 1.57. The summed E-state index contributed by atoms with van der Waals surface area (Å²) >= 11 is 5.87. The highest BCUT2D eigenvalue weighted by Gasteiger charge is 2.26. The van der Waals surface area contributed by atoms with Crippen molar-refractivity contribution in [2.75, 3.05) is 18.5 Å².